The number of likely N-dealkylation sites (N-methyl/N-ethyl adjacent to an activating group) is 1. The van der Waals surface area contributed by atoms with Gasteiger partial charge in [-0.3, -0.25) is 14.8 Å². The van der Waals surface area contributed by atoms with Gasteiger partial charge < -0.3 is 14.7 Å². The van der Waals surface area contributed by atoms with E-state index in [-0.39, 0.29) is 5.91 Å². The summed E-state index contributed by atoms with van der Waals surface area (Å²) < 4.78 is 5.96. The maximum Gasteiger partial charge on any atom is 0.248 e. The van der Waals surface area contributed by atoms with E-state index in [1.807, 2.05) is 30.3 Å². The summed E-state index contributed by atoms with van der Waals surface area (Å²) in [5.41, 5.74) is 3.08. The van der Waals surface area contributed by atoms with Crippen molar-refractivity contribution in [3.05, 3.63) is 72.6 Å². The molecule has 0 aliphatic carbocycles. The zero-order valence-corrected chi connectivity index (χ0v) is 19.0. The van der Waals surface area contributed by atoms with Crippen LogP contribution in [-0.2, 0) is 11.3 Å². The lowest BCUT2D eigenvalue weighted by Gasteiger charge is -2.24. The van der Waals surface area contributed by atoms with Crippen LogP contribution in [0.25, 0.3) is 22.0 Å². The van der Waals surface area contributed by atoms with Crippen molar-refractivity contribution >= 4 is 16.7 Å². The molecule has 1 amide bonds. The number of pyridine rings is 1. The first-order valence-electron chi connectivity index (χ1n) is 11.3. The van der Waals surface area contributed by atoms with Crippen LogP contribution >= 0.6 is 0 Å². The van der Waals surface area contributed by atoms with Crippen LogP contribution in [0.2, 0.25) is 0 Å². The molecular formula is C26H27N5O3. The number of aliphatic hydroxyl groups is 1. The Labute approximate surface area is 197 Å². The molecule has 174 valence electrons. The molecule has 5 rings (SSSR count). The minimum absolute atomic E-state index is 0.191. The van der Waals surface area contributed by atoms with Crippen molar-refractivity contribution in [1.82, 2.24) is 25.0 Å². The topological polar surface area (TPSA) is 94.6 Å². The van der Waals surface area contributed by atoms with Gasteiger partial charge in [0.15, 0.2) is 0 Å². The van der Waals surface area contributed by atoms with E-state index in [0.29, 0.717) is 25.0 Å². The molecule has 2 aromatic heterocycles. The number of hydrogen-bond acceptors (Lipinski definition) is 6. The van der Waals surface area contributed by atoms with Crippen LogP contribution in [0.1, 0.15) is 12.0 Å². The molecule has 1 aliphatic heterocycles. The summed E-state index contributed by atoms with van der Waals surface area (Å²) in [5.74, 6) is 1.08. The lowest BCUT2D eigenvalue weighted by molar-refractivity contribution is -0.133. The van der Waals surface area contributed by atoms with Crippen molar-refractivity contribution in [3.8, 4) is 22.9 Å². The Balaban J connectivity index is 1.23. The quantitative estimate of drug-likeness (QED) is 0.442. The smallest absolute Gasteiger partial charge is 0.248 e. The Hall–Kier alpha value is -3.75. The van der Waals surface area contributed by atoms with Crippen LogP contribution in [0, 0.1) is 0 Å². The number of aromatic amines is 1. The molecule has 1 unspecified atom stereocenters. The second-order valence-corrected chi connectivity index (χ2v) is 8.66. The molecule has 0 saturated carbocycles. The third-order valence-electron chi connectivity index (χ3n) is 6.35. The summed E-state index contributed by atoms with van der Waals surface area (Å²) in [6.45, 7) is 1.75. The first-order chi connectivity index (χ1) is 16.6. The van der Waals surface area contributed by atoms with Crippen molar-refractivity contribution < 1.29 is 14.6 Å². The molecule has 0 bridgehead atoms. The van der Waals surface area contributed by atoms with Crippen molar-refractivity contribution in [1.29, 1.82) is 0 Å². The molecule has 3 heterocycles. The van der Waals surface area contributed by atoms with Crippen molar-refractivity contribution in [3.63, 3.8) is 0 Å². The fraction of sp³-hybridized carbons (Fsp3) is 0.269. The number of nitrogens with zero attached hydrogens (tertiary/aromatic N) is 4. The van der Waals surface area contributed by atoms with Gasteiger partial charge in [-0.25, -0.2) is 4.98 Å². The van der Waals surface area contributed by atoms with Crippen molar-refractivity contribution in [2.75, 3.05) is 26.7 Å². The third kappa shape index (κ3) is 4.78. The van der Waals surface area contributed by atoms with Crippen LogP contribution in [0.3, 0.4) is 0 Å². The highest BCUT2D eigenvalue weighted by Gasteiger charge is 2.28. The van der Waals surface area contributed by atoms with E-state index in [2.05, 4.69) is 51.4 Å². The molecule has 8 nitrogen and oxygen atoms in total. The molecule has 1 saturated heterocycles. The first-order valence-corrected chi connectivity index (χ1v) is 11.3. The van der Waals surface area contributed by atoms with E-state index in [9.17, 15) is 4.79 Å². The van der Waals surface area contributed by atoms with E-state index < -0.39 is 6.61 Å². The van der Waals surface area contributed by atoms with Gasteiger partial charge >= 0.3 is 0 Å². The molecule has 1 atom stereocenters. The first kappa shape index (κ1) is 22.1. The van der Waals surface area contributed by atoms with E-state index >= 15 is 0 Å². The zero-order chi connectivity index (χ0) is 23.5. The molecule has 1 aliphatic rings. The van der Waals surface area contributed by atoms with Gasteiger partial charge in [0.1, 0.15) is 12.4 Å². The Morgan fingerprint density at radius 2 is 2.03 bits per heavy atom. The van der Waals surface area contributed by atoms with Crippen LogP contribution in [0.4, 0.5) is 0 Å². The SMILES string of the molecule is CN(Cc1ccc2cc(Oc3ccc(-c4ccn[nH]4)cn3)ccc2c1)C1CCN(C(=O)CO)C1. The van der Waals surface area contributed by atoms with Gasteiger partial charge in [-0.2, -0.15) is 5.10 Å². The molecule has 0 radical (unpaired) electrons. The molecule has 2 N–H and O–H groups in total. The normalized spacial score (nSPS) is 15.9. The van der Waals surface area contributed by atoms with Crippen LogP contribution in [0.5, 0.6) is 11.6 Å². The summed E-state index contributed by atoms with van der Waals surface area (Å²) in [6, 6.07) is 18.5. The Bertz CT molecular complexity index is 1270. The molecule has 1 fully saturated rings. The molecule has 8 heteroatoms. The Morgan fingerprint density at radius 1 is 1.18 bits per heavy atom. The van der Waals surface area contributed by atoms with Crippen molar-refractivity contribution in [2.45, 2.75) is 19.0 Å². The summed E-state index contributed by atoms with van der Waals surface area (Å²) in [5, 5.41) is 18.2. The van der Waals surface area contributed by atoms with E-state index in [0.717, 1.165) is 40.7 Å². The van der Waals surface area contributed by atoms with E-state index in [4.69, 9.17) is 9.84 Å². The highest BCUT2D eigenvalue weighted by molar-refractivity contribution is 5.84. The average Bonchev–Trinajstić information content (AvgIpc) is 3.57. The van der Waals surface area contributed by atoms with Gasteiger partial charge in [0.2, 0.25) is 11.8 Å². The number of nitrogens with one attached hydrogen (secondary N) is 1. The van der Waals surface area contributed by atoms with Gasteiger partial charge in [0.25, 0.3) is 0 Å². The summed E-state index contributed by atoms with van der Waals surface area (Å²) in [6.07, 6.45) is 4.39. The second-order valence-electron chi connectivity index (χ2n) is 8.66. The van der Waals surface area contributed by atoms with Gasteiger partial charge in [0.05, 0.1) is 5.69 Å². The van der Waals surface area contributed by atoms with Crippen LogP contribution in [0.15, 0.2) is 67.0 Å². The van der Waals surface area contributed by atoms with Gasteiger partial charge in [-0.05, 0) is 60.1 Å². The number of rotatable bonds is 7. The minimum atomic E-state index is -0.417. The Morgan fingerprint density at radius 3 is 2.79 bits per heavy atom. The minimum Gasteiger partial charge on any atom is -0.439 e. The fourth-order valence-electron chi connectivity index (χ4n) is 4.42. The number of carbonyl (C=O) groups is 1. The number of aromatic nitrogens is 3. The summed E-state index contributed by atoms with van der Waals surface area (Å²) in [7, 11) is 2.09. The molecule has 0 spiro atoms. The maximum atomic E-state index is 11.7. The number of H-pyrrole nitrogens is 1. The van der Waals surface area contributed by atoms with Gasteiger partial charge in [0, 0.05) is 49.7 Å². The monoisotopic (exact) mass is 457 g/mol. The number of carbonyl (C=O) groups excluding carboxylic acids is 1. The standard InChI is InChI=1S/C26H27N5O3/c1-30(22-9-11-31(16-22)26(33)17-32)15-18-2-3-20-13-23(6-4-19(20)12-18)34-25-7-5-21(14-27-25)24-8-10-28-29-24/h2-8,10,12-14,22,32H,9,11,15-17H2,1H3,(H,28,29). The molecule has 2 aromatic carbocycles. The molecular weight excluding hydrogens is 430 g/mol. The fourth-order valence-corrected chi connectivity index (χ4v) is 4.42. The summed E-state index contributed by atoms with van der Waals surface area (Å²) >= 11 is 0. The highest BCUT2D eigenvalue weighted by Crippen LogP contribution is 2.27. The van der Waals surface area contributed by atoms with E-state index in [1.54, 1.807) is 17.3 Å². The number of amides is 1. The number of hydrogen-bond donors (Lipinski definition) is 2. The largest absolute Gasteiger partial charge is 0.439 e. The number of benzene rings is 2. The lowest BCUT2D eigenvalue weighted by atomic mass is 10.1. The molecule has 4 aromatic rings. The van der Waals surface area contributed by atoms with Gasteiger partial charge in [-0.1, -0.05) is 18.2 Å². The molecule has 34 heavy (non-hydrogen) atoms. The van der Waals surface area contributed by atoms with Gasteiger partial charge in [-0.15, -0.1) is 0 Å². The predicted octanol–water partition coefficient (Wildman–Crippen LogP) is 3.44. The average molecular weight is 458 g/mol. The highest BCUT2D eigenvalue weighted by atomic mass is 16.5. The van der Waals surface area contributed by atoms with Crippen molar-refractivity contribution in [2.24, 2.45) is 0 Å². The summed E-state index contributed by atoms with van der Waals surface area (Å²) in [4.78, 5) is 20.2. The van der Waals surface area contributed by atoms with E-state index in [1.165, 1.54) is 5.56 Å². The number of ether oxygens (including phenoxy) is 1. The maximum absolute atomic E-state index is 11.7. The second kappa shape index (κ2) is 9.62. The predicted molar refractivity (Wildman–Crippen MR) is 129 cm³/mol. The number of likely N-dealkylation sites (tertiary alicyclic amines) is 1. The Kier molecular flexibility index (Phi) is 6.24. The van der Waals surface area contributed by atoms with Crippen LogP contribution < -0.4 is 4.74 Å². The zero-order valence-electron chi connectivity index (χ0n) is 19.0. The van der Waals surface area contributed by atoms with Crippen LogP contribution in [-0.4, -0.2) is 68.8 Å². The lowest BCUT2D eigenvalue weighted by Crippen LogP contribution is -2.37. The number of aliphatic hydroxyl groups excluding tert-OH is 1. The third-order valence-corrected chi connectivity index (χ3v) is 6.35. The number of fused-ring (bicyclic) bond motifs is 1.